The van der Waals surface area contributed by atoms with Crippen LogP contribution in [0.25, 0.3) is 0 Å². The van der Waals surface area contributed by atoms with E-state index in [1.54, 1.807) is 5.59 Å². The molecule has 1 unspecified atom stereocenters. The second kappa shape index (κ2) is 3.19. The third-order valence-electron chi connectivity index (χ3n) is 0.130. The molecule has 6 heavy (non-hydrogen) atoms. The molecule has 0 aromatic heterocycles. The van der Waals surface area contributed by atoms with E-state index in [1.807, 2.05) is 0 Å². The van der Waals surface area contributed by atoms with Gasteiger partial charge in [-0.1, -0.05) is 0 Å². The van der Waals surface area contributed by atoms with Crippen molar-refractivity contribution < 1.29 is 8.49 Å². The van der Waals surface area contributed by atoms with Crippen LogP contribution in [0.4, 0.5) is 0 Å². The van der Waals surface area contributed by atoms with E-state index < -0.39 is 11.3 Å². The van der Waals surface area contributed by atoms with Crippen LogP contribution in [0.15, 0.2) is 0 Å². The smallest absolute Gasteiger partial charge is 0.247 e. The summed E-state index contributed by atoms with van der Waals surface area (Å²) in [5.74, 6) is 4.48. The van der Waals surface area contributed by atoms with Gasteiger partial charge in [-0.2, -0.15) is 4.28 Å². The van der Waals surface area contributed by atoms with Crippen LogP contribution in [-0.2, 0) is 15.6 Å². The first-order valence-corrected chi connectivity index (χ1v) is 2.20. The molecule has 0 spiro atoms. The number of nitrogens with two attached hydrogens (primary N) is 2. The molecule has 6 heteroatoms. The molecule has 38 valence electrons. The summed E-state index contributed by atoms with van der Waals surface area (Å²) in [5.41, 5.74) is 1.64. The number of hydrogen-bond acceptors (Lipinski definition) is 4. The zero-order valence-electron chi connectivity index (χ0n) is 2.88. The van der Waals surface area contributed by atoms with E-state index in [-0.39, 0.29) is 0 Å². The molecule has 0 radical (unpaired) electrons. The van der Waals surface area contributed by atoms with Gasteiger partial charge in [0.15, 0.2) is 0 Å². The predicted octanol–water partition coefficient (Wildman–Crippen LogP) is -2.08. The molecule has 0 saturated carbocycles. The first kappa shape index (κ1) is 5.99. The van der Waals surface area contributed by atoms with Gasteiger partial charge in [-0.3, -0.25) is 0 Å². The van der Waals surface area contributed by atoms with E-state index in [0.717, 1.165) is 0 Å². The minimum absolute atomic E-state index is 1.64. The van der Waals surface area contributed by atoms with E-state index in [1.165, 1.54) is 0 Å². The Hall–Kier alpha value is -0.0100. The Morgan fingerprint density at radius 1 is 1.83 bits per heavy atom. The monoisotopic (exact) mass is 111 g/mol. The van der Waals surface area contributed by atoms with Gasteiger partial charge >= 0.3 is 0 Å². The fraction of sp³-hybridized carbons (Fsp3) is 0. The molecule has 0 aliphatic heterocycles. The topological polar surface area (TPSA) is 90.4 Å². The van der Waals surface area contributed by atoms with Gasteiger partial charge in [0.05, 0.1) is 0 Å². The Bertz CT molecular complexity index is 52.8. The van der Waals surface area contributed by atoms with Crippen LogP contribution in [0.2, 0.25) is 0 Å². The average Bonchev–Trinajstić information content (AvgIpc) is 1.35. The van der Waals surface area contributed by atoms with Crippen LogP contribution < -0.4 is 16.6 Å². The molecule has 0 saturated heterocycles. The summed E-state index contributed by atoms with van der Waals surface area (Å²) in [6.07, 6.45) is 0. The Labute approximate surface area is 37.4 Å². The van der Waals surface area contributed by atoms with Gasteiger partial charge in [0.2, 0.25) is 11.3 Å². The molecule has 0 amide bonds. The molecular formula is H5N3O2S. The highest BCUT2D eigenvalue weighted by molar-refractivity contribution is 7.77. The van der Waals surface area contributed by atoms with Gasteiger partial charge in [-0.15, -0.1) is 5.59 Å². The molecule has 0 aromatic rings. The van der Waals surface area contributed by atoms with Gasteiger partial charge in [-0.05, 0) is 0 Å². The second-order valence-corrected chi connectivity index (χ2v) is 1.15. The van der Waals surface area contributed by atoms with Crippen molar-refractivity contribution in [2.45, 2.75) is 0 Å². The van der Waals surface area contributed by atoms with Crippen molar-refractivity contribution >= 4 is 11.3 Å². The first-order chi connectivity index (χ1) is 2.77. The zero-order valence-corrected chi connectivity index (χ0v) is 3.70. The van der Waals surface area contributed by atoms with Crippen molar-refractivity contribution in [1.82, 2.24) is 5.59 Å². The molecule has 0 bridgehead atoms. The summed E-state index contributed by atoms with van der Waals surface area (Å²) >= 11 is -1.80. The zero-order chi connectivity index (χ0) is 4.99. The third-order valence-corrected chi connectivity index (χ3v) is 0.391. The molecule has 0 aliphatic carbocycles. The van der Waals surface area contributed by atoms with Crippen LogP contribution >= 0.6 is 0 Å². The Morgan fingerprint density at radius 3 is 2.33 bits per heavy atom. The summed E-state index contributed by atoms with van der Waals surface area (Å²) in [4.78, 5) is 0. The SMILES string of the molecule is NNOS(N)=O. The average molecular weight is 111 g/mol. The summed E-state index contributed by atoms with van der Waals surface area (Å²) < 4.78 is 13.4. The standard InChI is InChI=1S/H5N3O2S/c1-3-5-6(2)4/h3H,1-2H2. The summed E-state index contributed by atoms with van der Waals surface area (Å²) in [6, 6.07) is 0. The van der Waals surface area contributed by atoms with Crippen molar-refractivity contribution in [2.24, 2.45) is 11.0 Å². The molecular weight excluding hydrogens is 106 g/mol. The molecule has 0 aromatic carbocycles. The highest BCUT2D eigenvalue weighted by Gasteiger charge is 1.79. The van der Waals surface area contributed by atoms with Crippen LogP contribution in [0.1, 0.15) is 0 Å². The van der Waals surface area contributed by atoms with Crippen molar-refractivity contribution in [3.05, 3.63) is 0 Å². The van der Waals surface area contributed by atoms with E-state index in [2.05, 4.69) is 15.3 Å². The largest absolute Gasteiger partial charge is 0.250 e. The maximum atomic E-state index is 9.57. The predicted molar refractivity (Wildman–Crippen MR) is 20.7 cm³/mol. The molecule has 1 atom stereocenters. The van der Waals surface area contributed by atoms with E-state index in [9.17, 15) is 4.21 Å². The fourth-order valence-electron chi connectivity index (χ4n) is 0.0474. The summed E-state index contributed by atoms with van der Waals surface area (Å²) in [6.45, 7) is 0. The van der Waals surface area contributed by atoms with Gasteiger partial charge in [0.25, 0.3) is 0 Å². The highest BCUT2D eigenvalue weighted by Crippen LogP contribution is 1.56. The van der Waals surface area contributed by atoms with Gasteiger partial charge in [0, 0.05) is 0 Å². The number of hydrogen-bond donors (Lipinski definition) is 3. The lowest BCUT2D eigenvalue weighted by atomic mass is 12.8. The molecule has 0 heterocycles. The van der Waals surface area contributed by atoms with Crippen molar-refractivity contribution in [3.8, 4) is 0 Å². The number of nitrogens with one attached hydrogen (secondary N) is 1. The lowest BCUT2D eigenvalue weighted by Gasteiger charge is -1.87. The van der Waals surface area contributed by atoms with Crippen molar-refractivity contribution in [1.29, 1.82) is 0 Å². The van der Waals surface area contributed by atoms with E-state index in [0.29, 0.717) is 0 Å². The minimum atomic E-state index is -1.80. The molecule has 5 N–H and O–H groups in total. The Balaban J connectivity index is 2.83. The van der Waals surface area contributed by atoms with Crippen molar-refractivity contribution in [3.63, 3.8) is 0 Å². The second-order valence-electron chi connectivity index (χ2n) is 0.462. The molecule has 0 rings (SSSR count). The van der Waals surface area contributed by atoms with Gasteiger partial charge in [-0.25, -0.2) is 15.2 Å². The third kappa shape index (κ3) is 3.99. The normalized spacial score (nSPS) is 14.3. The minimum Gasteiger partial charge on any atom is -0.247 e. The first-order valence-electron chi connectivity index (χ1n) is 1.06. The molecule has 0 aliphatic rings. The Kier molecular flexibility index (Phi) is 3.19. The highest BCUT2D eigenvalue weighted by atomic mass is 32.2. The van der Waals surface area contributed by atoms with Crippen LogP contribution in [-0.4, -0.2) is 4.21 Å². The molecule has 0 fully saturated rings. The lowest BCUT2D eigenvalue weighted by Crippen LogP contribution is -2.26. The van der Waals surface area contributed by atoms with Gasteiger partial charge in [0.1, 0.15) is 0 Å². The lowest BCUT2D eigenvalue weighted by molar-refractivity contribution is 0.225. The van der Waals surface area contributed by atoms with Crippen LogP contribution in [0.5, 0.6) is 0 Å². The van der Waals surface area contributed by atoms with Crippen molar-refractivity contribution in [2.75, 3.05) is 0 Å². The number of rotatable bonds is 2. The van der Waals surface area contributed by atoms with E-state index in [4.69, 9.17) is 0 Å². The van der Waals surface area contributed by atoms with Crippen LogP contribution in [0.3, 0.4) is 0 Å². The molecule has 5 nitrogen and oxygen atoms in total. The van der Waals surface area contributed by atoms with E-state index >= 15 is 0 Å². The maximum absolute atomic E-state index is 9.57. The Morgan fingerprint density at radius 2 is 2.33 bits per heavy atom. The maximum Gasteiger partial charge on any atom is 0.250 e. The van der Waals surface area contributed by atoms with Crippen LogP contribution in [0, 0.1) is 0 Å². The summed E-state index contributed by atoms with van der Waals surface area (Å²) in [7, 11) is 0. The number of hydrazine groups is 1. The quantitative estimate of drug-likeness (QED) is 0.282. The fourth-order valence-corrected chi connectivity index (χ4v) is 0.142. The summed E-state index contributed by atoms with van der Waals surface area (Å²) in [5, 5.41) is 4.51. The van der Waals surface area contributed by atoms with Gasteiger partial charge < -0.3 is 0 Å².